The average molecular weight is 769 g/mol. The molecular weight excluding hydrogens is 725 g/mol. The van der Waals surface area contributed by atoms with E-state index in [-0.39, 0.29) is 53.5 Å². The minimum Gasteiger partial charge on any atom is -0.548 e. The largest absolute Gasteiger partial charge is 1.00 e. The topological polar surface area (TPSA) is 181 Å². The van der Waals surface area contributed by atoms with Crippen LogP contribution in [0.2, 0.25) is 0 Å². The molecule has 0 aromatic heterocycles. The number of β-lactam (4-membered cyclic amide) rings is 1. The smallest absolute Gasteiger partial charge is 0.548 e. The summed E-state index contributed by atoms with van der Waals surface area (Å²) in [6.45, 7) is 7.24. The molecule has 7 atom stereocenters. The van der Waals surface area contributed by atoms with Gasteiger partial charge in [0.25, 0.3) is 17.7 Å². The Balaban J connectivity index is 0.00000541. The summed E-state index contributed by atoms with van der Waals surface area (Å²) in [5, 5.41) is 37.9. The average Bonchev–Trinajstić information content (AvgIpc) is 3.87. The Kier molecular flexibility index (Phi) is 12.3. The van der Waals surface area contributed by atoms with Crippen LogP contribution in [0.15, 0.2) is 36.4 Å². The van der Waals surface area contributed by atoms with Crippen molar-refractivity contribution in [2.75, 3.05) is 13.2 Å². The number of amides is 3. The van der Waals surface area contributed by atoms with Gasteiger partial charge in [-0.05, 0) is 87.8 Å². The van der Waals surface area contributed by atoms with Crippen LogP contribution >= 0.6 is 11.8 Å². The number of hydrogen-bond acceptors (Lipinski definition) is 12. The van der Waals surface area contributed by atoms with Gasteiger partial charge in [0.15, 0.2) is 23.1 Å². The van der Waals surface area contributed by atoms with Crippen molar-refractivity contribution in [1.29, 1.82) is 0 Å². The van der Waals surface area contributed by atoms with Gasteiger partial charge >= 0.3 is 29.6 Å². The fourth-order valence-electron chi connectivity index (χ4n) is 7.90. The Morgan fingerprint density at radius 1 is 0.925 bits per heavy atom. The van der Waals surface area contributed by atoms with E-state index in [0.717, 1.165) is 45.8 Å². The Bertz CT molecular complexity index is 1670. The molecule has 0 aliphatic carbocycles. The molecule has 4 N–H and O–H groups in total. The molecule has 4 unspecified atom stereocenters. The third kappa shape index (κ3) is 7.10. The Labute approximate surface area is 332 Å². The van der Waals surface area contributed by atoms with E-state index >= 15 is 18.4 Å². The van der Waals surface area contributed by atoms with Crippen LogP contribution in [-0.4, -0.2) is 91.6 Å². The van der Waals surface area contributed by atoms with Crippen molar-refractivity contribution in [3.63, 3.8) is 0 Å². The Hall–Kier alpha value is -2.83. The van der Waals surface area contributed by atoms with Gasteiger partial charge < -0.3 is 34.5 Å². The normalized spacial score (nSPS) is 26.9. The molecule has 0 radical (unpaired) electrons. The molecular formula is C36H43F2N4NaO9S. The maximum absolute atomic E-state index is 15.6. The van der Waals surface area contributed by atoms with E-state index in [1.165, 1.54) is 12.1 Å². The minimum absolute atomic E-state index is 0. The van der Waals surface area contributed by atoms with Crippen LogP contribution in [0.4, 0.5) is 8.78 Å². The third-order valence-corrected chi connectivity index (χ3v) is 12.3. The van der Waals surface area contributed by atoms with Crippen molar-refractivity contribution in [1.82, 2.24) is 20.4 Å². The number of imide groups is 1. The van der Waals surface area contributed by atoms with Gasteiger partial charge in [-0.15, -0.1) is 11.8 Å². The van der Waals surface area contributed by atoms with E-state index < -0.39 is 92.6 Å². The minimum atomic E-state index is -1.93. The van der Waals surface area contributed by atoms with E-state index in [2.05, 4.69) is 10.6 Å². The molecule has 4 aliphatic rings. The van der Waals surface area contributed by atoms with Gasteiger partial charge in [-0.2, -0.15) is 0 Å². The monoisotopic (exact) mass is 768 g/mol. The number of ether oxygens (including phenoxy) is 2. The molecule has 17 heteroatoms. The molecule has 4 fully saturated rings. The first kappa shape index (κ1) is 41.3. The maximum Gasteiger partial charge on any atom is 1.00 e. The zero-order chi connectivity index (χ0) is 37.7. The summed E-state index contributed by atoms with van der Waals surface area (Å²) < 4.78 is 40.9. The molecule has 0 spiro atoms. The standard InChI is InChI=1S/C36H44F2N4O9S.Na/c1-5-35(39-25-9-7-15-50-25,19-11-13-23(43)21(37)17-19)32(48)41(27-29(45)42-28(31(46)47)34(3,4)52-30(27)42)33(49)36(6-2,40-26-10-8-16-51-26)20-12-14-24(44)22(38)18-20;/h11-14,17-18,25-28,30,39-40,43-44H,5-10,15-16H2,1-4H3,(H,46,47);/q;+1/p-1/t25?,26?,27-,28+,30-,35?,36?;/m1./s1. The molecule has 4 aliphatic heterocycles. The number of phenols is 2. The summed E-state index contributed by atoms with van der Waals surface area (Å²) in [4.78, 5) is 59.8. The van der Waals surface area contributed by atoms with Crippen LogP contribution in [0.3, 0.4) is 0 Å². The van der Waals surface area contributed by atoms with E-state index in [1.54, 1.807) is 27.7 Å². The fraction of sp³-hybridized carbons (Fsp3) is 0.556. The number of nitrogens with zero attached hydrogens (tertiary/aromatic N) is 2. The molecule has 3 amide bonds. The molecule has 6 rings (SSSR count). The summed E-state index contributed by atoms with van der Waals surface area (Å²) in [5.74, 6) is -7.68. The number of rotatable bonds is 12. The van der Waals surface area contributed by atoms with Crippen LogP contribution in [0.25, 0.3) is 0 Å². The number of hydrogen-bond donors (Lipinski definition) is 4. The summed E-state index contributed by atoms with van der Waals surface area (Å²) in [6.07, 6.45) is 0.578. The summed E-state index contributed by atoms with van der Waals surface area (Å²) >= 11 is 1.09. The second-order valence-electron chi connectivity index (χ2n) is 14.1. The number of carbonyl (C=O) groups is 4. The molecule has 4 saturated heterocycles. The zero-order valence-electron chi connectivity index (χ0n) is 30.3. The van der Waals surface area contributed by atoms with Crippen molar-refractivity contribution in [3.05, 3.63) is 59.2 Å². The number of nitrogens with one attached hydrogen (secondary N) is 2. The maximum atomic E-state index is 15.6. The molecule has 0 bridgehead atoms. The number of aliphatic carboxylic acids is 1. The van der Waals surface area contributed by atoms with Crippen molar-refractivity contribution in [3.8, 4) is 11.5 Å². The van der Waals surface area contributed by atoms with Gasteiger partial charge in [0.2, 0.25) is 0 Å². The van der Waals surface area contributed by atoms with Crippen molar-refractivity contribution in [2.45, 2.75) is 112 Å². The van der Waals surface area contributed by atoms with Crippen molar-refractivity contribution >= 4 is 35.5 Å². The molecule has 13 nitrogen and oxygen atoms in total. The molecule has 53 heavy (non-hydrogen) atoms. The predicted molar refractivity (Wildman–Crippen MR) is 181 cm³/mol. The van der Waals surface area contributed by atoms with Gasteiger partial charge in [-0.3, -0.25) is 29.9 Å². The SMILES string of the molecule is CCC(NC1CCCO1)(C(=O)N(C(=O)C(CC)(NC1CCCO1)c1ccc(O)c(F)c1)[C@@H]1C(=O)N2[C@@H]1SC(C)(C)[C@@H]2C(=O)[O-])c1ccc(O)c(F)c1.[Na+]. The third-order valence-electron chi connectivity index (χ3n) is 10.7. The molecule has 4 heterocycles. The zero-order valence-corrected chi connectivity index (χ0v) is 33.1. The predicted octanol–water partition coefficient (Wildman–Crippen LogP) is -0.721. The van der Waals surface area contributed by atoms with Crippen LogP contribution in [0.5, 0.6) is 11.5 Å². The Morgan fingerprint density at radius 2 is 1.38 bits per heavy atom. The van der Waals surface area contributed by atoms with E-state index in [0.29, 0.717) is 38.9 Å². The van der Waals surface area contributed by atoms with Crippen LogP contribution in [-0.2, 0) is 39.7 Å². The number of carbonyl (C=O) groups excluding carboxylic acids is 4. The van der Waals surface area contributed by atoms with Gasteiger partial charge in [-0.1, -0.05) is 26.0 Å². The van der Waals surface area contributed by atoms with E-state index in [9.17, 15) is 24.9 Å². The van der Waals surface area contributed by atoms with E-state index in [1.807, 2.05) is 0 Å². The number of fused-ring (bicyclic) bond motifs is 1. The number of aromatic hydroxyl groups is 2. The van der Waals surface area contributed by atoms with Gasteiger partial charge in [-0.25, -0.2) is 8.78 Å². The number of phenolic OH excluding ortho intramolecular Hbond substituents is 2. The van der Waals surface area contributed by atoms with Gasteiger partial charge in [0, 0.05) is 18.0 Å². The van der Waals surface area contributed by atoms with Crippen LogP contribution in [0, 0.1) is 11.6 Å². The van der Waals surface area contributed by atoms with Gasteiger partial charge in [0.1, 0.15) is 34.9 Å². The second-order valence-corrected chi connectivity index (χ2v) is 15.9. The molecule has 2 aromatic carbocycles. The van der Waals surface area contributed by atoms with Gasteiger partial charge in [0.05, 0.1) is 12.0 Å². The summed E-state index contributed by atoms with van der Waals surface area (Å²) in [6, 6.07) is 3.86. The number of benzene rings is 2. The molecule has 0 saturated carbocycles. The molecule has 2 aromatic rings. The second kappa shape index (κ2) is 15.7. The molecule has 282 valence electrons. The number of carboxylic acids is 1. The van der Waals surface area contributed by atoms with Crippen LogP contribution < -0.4 is 45.3 Å². The summed E-state index contributed by atoms with van der Waals surface area (Å²) in [7, 11) is 0. The first-order chi connectivity index (χ1) is 24.6. The quantitative estimate of drug-likeness (QED) is 0.158. The van der Waals surface area contributed by atoms with Crippen LogP contribution in [0.1, 0.15) is 77.3 Å². The number of halogens is 2. The number of thioether (sulfide) groups is 1. The van der Waals surface area contributed by atoms with E-state index in [4.69, 9.17) is 9.47 Å². The first-order valence-electron chi connectivity index (χ1n) is 17.5. The van der Waals surface area contributed by atoms with Crippen molar-refractivity contribution < 1.29 is 82.3 Å². The fourth-order valence-corrected chi connectivity index (χ4v) is 9.56. The summed E-state index contributed by atoms with van der Waals surface area (Å²) in [5.41, 5.74) is -3.81. The Morgan fingerprint density at radius 3 is 1.74 bits per heavy atom. The first-order valence-corrected chi connectivity index (χ1v) is 18.4. The number of carboxylic acid groups (broad SMARTS) is 1. The van der Waals surface area contributed by atoms with Crippen molar-refractivity contribution in [2.24, 2.45) is 0 Å².